The van der Waals surface area contributed by atoms with E-state index in [2.05, 4.69) is 9.71 Å². The summed E-state index contributed by atoms with van der Waals surface area (Å²) in [5.41, 5.74) is -0.945. The second kappa shape index (κ2) is 7.54. The van der Waals surface area contributed by atoms with E-state index in [9.17, 15) is 13.2 Å². The number of sulfonamides is 1. The third-order valence-electron chi connectivity index (χ3n) is 4.00. The Morgan fingerprint density at radius 3 is 2.37 bits per heavy atom. The molecule has 2 aromatic carbocycles. The number of carbonyl (C=O) groups excluding carboxylic acids is 1. The molecule has 27 heavy (non-hydrogen) atoms. The number of aliphatic imine (C=N–C) groups is 1. The number of halogens is 1. The van der Waals surface area contributed by atoms with Crippen molar-refractivity contribution in [3.8, 4) is 5.75 Å². The van der Waals surface area contributed by atoms with Crippen LogP contribution in [0.25, 0.3) is 0 Å². The summed E-state index contributed by atoms with van der Waals surface area (Å²) < 4.78 is 32.7. The molecule has 1 amide bonds. The first-order chi connectivity index (χ1) is 12.9. The number of nitrogens with zero attached hydrogens (tertiary/aromatic N) is 1. The van der Waals surface area contributed by atoms with Gasteiger partial charge in [0.05, 0.1) is 11.5 Å². The van der Waals surface area contributed by atoms with Gasteiger partial charge in [0.25, 0.3) is 15.9 Å². The lowest BCUT2D eigenvalue weighted by molar-refractivity contribution is -0.123. The van der Waals surface area contributed by atoms with Crippen molar-refractivity contribution in [3.63, 3.8) is 0 Å². The van der Waals surface area contributed by atoms with Crippen molar-refractivity contribution in [1.82, 2.24) is 4.72 Å². The van der Waals surface area contributed by atoms with Crippen LogP contribution in [0.2, 0.25) is 5.02 Å². The summed E-state index contributed by atoms with van der Waals surface area (Å²) in [6.45, 7) is 2.30. The fourth-order valence-electron chi connectivity index (χ4n) is 2.67. The molecule has 0 saturated carbocycles. The Bertz CT molecular complexity index is 985. The van der Waals surface area contributed by atoms with Gasteiger partial charge in [0.1, 0.15) is 5.75 Å². The molecule has 0 saturated heterocycles. The Morgan fingerprint density at radius 2 is 1.81 bits per heavy atom. The van der Waals surface area contributed by atoms with Crippen molar-refractivity contribution >= 4 is 33.7 Å². The van der Waals surface area contributed by atoms with Gasteiger partial charge in [0.2, 0.25) is 0 Å². The minimum absolute atomic E-state index is 0.0449. The number of nitrogens with one attached hydrogen (secondary N) is 1. The summed E-state index contributed by atoms with van der Waals surface area (Å²) in [4.78, 5) is 17.1. The Balaban J connectivity index is 1.88. The van der Waals surface area contributed by atoms with Crippen molar-refractivity contribution in [3.05, 3.63) is 71.3 Å². The number of carbonyl (C=O) groups is 1. The quantitative estimate of drug-likeness (QED) is 0.801. The van der Waals surface area contributed by atoms with Crippen LogP contribution in [0.15, 0.2) is 70.6 Å². The first-order valence-electron chi connectivity index (χ1n) is 8.16. The number of hydrogen-bond acceptors (Lipinski definition) is 5. The van der Waals surface area contributed by atoms with E-state index >= 15 is 0 Å². The zero-order chi connectivity index (χ0) is 19.5. The zero-order valence-electron chi connectivity index (χ0n) is 14.4. The van der Waals surface area contributed by atoms with Crippen LogP contribution in [0.3, 0.4) is 0 Å². The third-order valence-corrected chi connectivity index (χ3v) is 5.60. The van der Waals surface area contributed by atoms with Gasteiger partial charge in [0, 0.05) is 11.2 Å². The molecule has 0 radical (unpaired) electrons. The molecular formula is C19H17ClN2O4S. The largest absolute Gasteiger partial charge is 0.494 e. The monoisotopic (exact) mass is 404 g/mol. The van der Waals surface area contributed by atoms with Crippen LogP contribution in [-0.4, -0.2) is 27.1 Å². The molecule has 8 heteroatoms. The van der Waals surface area contributed by atoms with Gasteiger partial charge in [0.15, 0.2) is 5.54 Å². The Kier molecular flexibility index (Phi) is 5.34. The second-order valence-corrected chi connectivity index (χ2v) is 7.87. The van der Waals surface area contributed by atoms with E-state index in [1.807, 2.05) is 6.92 Å². The number of allylic oxidation sites excluding steroid dienone is 1. The summed E-state index contributed by atoms with van der Waals surface area (Å²) >= 11 is 5.90. The van der Waals surface area contributed by atoms with E-state index in [4.69, 9.17) is 16.3 Å². The summed E-state index contributed by atoms with van der Waals surface area (Å²) in [5, 5.41) is 0.502. The number of benzene rings is 2. The Labute approximate surface area is 162 Å². The first kappa shape index (κ1) is 19.1. The van der Waals surface area contributed by atoms with E-state index < -0.39 is 21.5 Å². The van der Waals surface area contributed by atoms with Gasteiger partial charge in [-0.3, -0.25) is 9.79 Å². The van der Waals surface area contributed by atoms with Gasteiger partial charge < -0.3 is 4.74 Å². The summed E-state index contributed by atoms with van der Waals surface area (Å²) in [5.74, 6) is -0.229. The Hall–Kier alpha value is -2.64. The normalized spacial score (nSPS) is 18.4. The average Bonchev–Trinajstić information content (AvgIpc) is 3.14. The van der Waals surface area contributed by atoms with E-state index in [-0.39, 0.29) is 4.90 Å². The lowest BCUT2D eigenvalue weighted by atomic mass is 9.90. The molecule has 140 valence electrons. The molecule has 2 aromatic rings. The van der Waals surface area contributed by atoms with Crippen LogP contribution in [0.5, 0.6) is 5.75 Å². The predicted molar refractivity (Wildman–Crippen MR) is 104 cm³/mol. The van der Waals surface area contributed by atoms with Crippen molar-refractivity contribution in [1.29, 1.82) is 0 Å². The molecular weight excluding hydrogens is 388 g/mol. The van der Waals surface area contributed by atoms with E-state index in [1.54, 1.807) is 36.4 Å². The van der Waals surface area contributed by atoms with Crippen molar-refractivity contribution in [2.45, 2.75) is 17.4 Å². The molecule has 0 aromatic heterocycles. The van der Waals surface area contributed by atoms with E-state index in [0.29, 0.717) is 22.9 Å². The van der Waals surface area contributed by atoms with Gasteiger partial charge in [-0.05, 0) is 61.0 Å². The maximum atomic E-state index is 12.9. The first-order valence-corrected chi connectivity index (χ1v) is 10.0. The molecule has 1 unspecified atom stereocenters. The van der Waals surface area contributed by atoms with Gasteiger partial charge in [-0.1, -0.05) is 23.7 Å². The molecule has 6 nitrogen and oxygen atoms in total. The molecule has 0 aliphatic carbocycles. The van der Waals surface area contributed by atoms with Gasteiger partial charge >= 0.3 is 0 Å². The molecule has 1 aliphatic heterocycles. The number of rotatable bonds is 6. The highest BCUT2D eigenvalue weighted by molar-refractivity contribution is 7.90. The maximum Gasteiger partial charge on any atom is 0.270 e. The molecule has 0 spiro atoms. The summed E-state index contributed by atoms with van der Waals surface area (Å²) in [6, 6.07) is 12.3. The average molecular weight is 405 g/mol. The smallest absolute Gasteiger partial charge is 0.270 e. The topological polar surface area (TPSA) is 84.8 Å². The highest BCUT2D eigenvalue weighted by Crippen LogP contribution is 2.32. The van der Waals surface area contributed by atoms with Crippen LogP contribution >= 0.6 is 11.6 Å². The Morgan fingerprint density at radius 1 is 1.15 bits per heavy atom. The highest BCUT2D eigenvalue weighted by atomic mass is 35.5. The van der Waals surface area contributed by atoms with Gasteiger partial charge in [-0.25, -0.2) is 13.1 Å². The van der Waals surface area contributed by atoms with Gasteiger partial charge in [-0.2, -0.15) is 0 Å². The second-order valence-electron chi connectivity index (χ2n) is 5.75. The maximum absolute atomic E-state index is 12.9. The standard InChI is InChI=1S/C19H17ClN2O4S/c1-2-26-16-8-10-17(11-9-16)27(24,25)22-18(23)19(12-3-13-21-19)14-4-6-15(20)7-5-14/h3-13H,2H2,1H3,(H,22,23). The molecule has 0 bridgehead atoms. The lowest BCUT2D eigenvalue weighted by Crippen LogP contribution is -2.43. The van der Waals surface area contributed by atoms with Crippen molar-refractivity contribution in [2.75, 3.05) is 6.61 Å². The molecule has 1 aliphatic rings. The molecule has 3 rings (SSSR count). The predicted octanol–water partition coefficient (Wildman–Crippen LogP) is 3.08. The lowest BCUT2D eigenvalue weighted by Gasteiger charge is -2.23. The fraction of sp³-hybridized carbons (Fsp3) is 0.158. The van der Waals surface area contributed by atoms with Crippen molar-refractivity contribution < 1.29 is 17.9 Å². The molecule has 1 heterocycles. The van der Waals surface area contributed by atoms with Gasteiger partial charge in [-0.15, -0.1) is 0 Å². The number of ether oxygens (including phenoxy) is 1. The van der Waals surface area contributed by atoms with E-state index in [1.165, 1.54) is 30.5 Å². The van der Waals surface area contributed by atoms with Crippen LogP contribution in [-0.2, 0) is 20.4 Å². The highest BCUT2D eigenvalue weighted by Gasteiger charge is 2.40. The minimum atomic E-state index is -4.07. The third kappa shape index (κ3) is 3.89. The molecule has 0 fully saturated rings. The van der Waals surface area contributed by atoms with Crippen LogP contribution in [0, 0.1) is 0 Å². The van der Waals surface area contributed by atoms with Crippen LogP contribution in [0.4, 0.5) is 0 Å². The number of hydrogen-bond donors (Lipinski definition) is 1. The zero-order valence-corrected chi connectivity index (χ0v) is 16.0. The fourth-order valence-corrected chi connectivity index (χ4v) is 3.80. The van der Waals surface area contributed by atoms with Crippen LogP contribution in [0.1, 0.15) is 12.5 Å². The summed E-state index contributed by atoms with van der Waals surface area (Å²) in [6.07, 6.45) is 4.59. The van der Waals surface area contributed by atoms with E-state index in [0.717, 1.165) is 0 Å². The molecule has 1 atom stereocenters. The number of amides is 1. The molecule has 1 N–H and O–H groups in total. The minimum Gasteiger partial charge on any atom is -0.494 e. The van der Waals surface area contributed by atoms with Crippen molar-refractivity contribution in [2.24, 2.45) is 4.99 Å². The van der Waals surface area contributed by atoms with Crippen LogP contribution < -0.4 is 9.46 Å². The SMILES string of the molecule is CCOc1ccc(S(=O)(=O)NC(=O)C2(c3ccc(Cl)cc3)C=CC=N2)cc1. The summed E-state index contributed by atoms with van der Waals surface area (Å²) in [7, 11) is -4.07.